The van der Waals surface area contributed by atoms with E-state index in [1.54, 1.807) is 0 Å². The normalized spacial score (nSPS) is 18.0. The summed E-state index contributed by atoms with van der Waals surface area (Å²) in [6, 6.07) is 10.3. The molecule has 0 saturated carbocycles. The maximum Gasteiger partial charge on any atom is 0.310 e. The Morgan fingerprint density at radius 2 is 2.17 bits per heavy atom. The van der Waals surface area contributed by atoms with Gasteiger partial charge < -0.3 is 9.64 Å². The smallest absolute Gasteiger partial charge is 0.310 e. The first-order chi connectivity index (χ1) is 11.3. The van der Waals surface area contributed by atoms with Crippen LogP contribution in [-0.2, 0) is 16.1 Å². The SMILES string of the molecule is CCOC(=O)C1CCCN(c2cnn(Cc3ccccc3)c2)C1. The monoisotopic (exact) mass is 313 g/mol. The Bertz CT molecular complexity index is 639. The molecule has 1 fully saturated rings. The quantitative estimate of drug-likeness (QED) is 0.796. The standard InChI is InChI=1S/C18H23N3O2/c1-2-23-18(22)16-9-6-10-20(13-16)17-11-19-21(14-17)12-15-7-4-3-5-8-15/h3-5,7-8,11,14,16H,2,6,9-10,12-13H2,1H3. The average molecular weight is 313 g/mol. The number of benzene rings is 1. The number of anilines is 1. The molecule has 5 nitrogen and oxygen atoms in total. The van der Waals surface area contributed by atoms with E-state index in [4.69, 9.17) is 4.74 Å². The van der Waals surface area contributed by atoms with Crippen molar-refractivity contribution in [3.8, 4) is 0 Å². The molecular weight excluding hydrogens is 290 g/mol. The number of esters is 1. The van der Waals surface area contributed by atoms with Gasteiger partial charge in [-0.25, -0.2) is 0 Å². The maximum absolute atomic E-state index is 12.0. The molecule has 1 atom stereocenters. The predicted octanol–water partition coefficient (Wildman–Crippen LogP) is 2.71. The van der Waals surface area contributed by atoms with Gasteiger partial charge in [0.05, 0.1) is 31.0 Å². The first kappa shape index (κ1) is 15.6. The molecule has 23 heavy (non-hydrogen) atoms. The van der Waals surface area contributed by atoms with Crippen LogP contribution in [0.5, 0.6) is 0 Å². The van der Waals surface area contributed by atoms with Crippen LogP contribution in [-0.4, -0.2) is 35.4 Å². The minimum atomic E-state index is -0.0751. The summed E-state index contributed by atoms with van der Waals surface area (Å²) in [7, 11) is 0. The van der Waals surface area contributed by atoms with Gasteiger partial charge in [-0.3, -0.25) is 9.48 Å². The van der Waals surface area contributed by atoms with Crippen molar-refractivity contribution >= 4 is 11.7 Å². The molecule has 1 unspecified atom stereocenters. The second-order valence-corrected chi connectivity index (χ2v) is 5.92. The van der Waals surface area contributed by atoms with E-state index in [9.17, 15) is 4.79 Å². The van der Waals surface area contributed by atoms with Gasteiger partial charge in [0.1, 0.15) is 0 Å². The van der Waals surface area contributed by atoms with E-state index in [0.29, 0.717) is 6.61 Å². The largest absolute Gasteiger partial charge is 0.466 e. The van der Waals surface area contributed by atoms with Crippen molar-refractivity contribution in [2.75, 3.05) is 24.6 Å². The van der Waals surface area contributed by atoms with Crippen LogP contribution >= 0.6 is 0 Å². The Hall–Kier alpha value is -2.30. The van der Waals surface area contributed by atoms with Crippen LogP contribution in [0.15, 0.2) is 42.7 Å². The third-order valence-corrected chi connectivity index (χ3v) is 4.21. The zero-order valence-electron chi connectivity index (χ0n) is 13.5. The maximum atomic E-state index is 12.0. The van der Waals surface area contributed by atoms with Gasteiger partial charge in [-0.1, -0.05) is 30.3 Å². The fourth-order valence-electron chi connectivity index (χ4n) is 3.04. The molecule has 1 aliphatic rings. The van der Waals surface area contributed by atoms with Crippen LogP contribution in [0.25, 0.3) is 0 Å². The minimum Gasteiger partial charge on any atom is -0.466 e. The van der Waals surface area contributed by atoms with Crippen LogP contribution in [0.2, 0.25) is 0 Å². The van der Waals surface area contributed by atoms with E-state index < -0.39 is 0 Å². The first-order valence-electron chi connectivity index (χ1n) is 8.24. The van der Waals surface area contributed by atoms with E-state index in [1.165, 1.54) is 5.56 Å². The van der Waals surface area contributed by atoms with Gasteiger partial charge in [0.25, 0.3) is 0 Å². The van der Waals surface area contributed by atoms with E-state index in [0.717, 1.165) is 38.2 Å². The van der Waals surface area contributed by atoms with Crippen LogP contribution in [0, 0.1) is 5.92 Å². The third-order valence-electron chi connectivity index (χ3n) is 4.21. The Labute approximate surface area is 136 Å². The number of carbonyl (C=O) groups is 1. The second-order valence-electron chi connectivity index (χ2n) is 5.92. The number of carbonyl (C=O) groups excluding carboxylic acids is 1. The van der Waals surface area contributed by atoms with Crippen molar-refractivity contribution in [3.63, 3.8) is 0 Å². The van der Waals surface area contributed by atoms with Crippen molar-refractivity contribution in [2.24, 2.45) is 5.92 Å². The molecule has 2 heterocycles. The fraction of sp³-hybridized carbons (Fsp3) is 0.444. The van der Waals surface area contributed by atoms with Gasteiger partial charge in [-0.15, -0.1) is 0 Å². The molecular formula is C18H23N3O2. The number of ether oxygens (including phenoxy) is 1. The van der Waals surface area contributed by atoms with Crippen molar-refractivity contribution in [1.82, 2.24) is 9.78 Å². The van der Waals surface area contributed by atoms with Gasteiger partial charge in [0, 0.05) is 19.3 Å². The van der Waals surface area contributed by atoms with Gasteiger partial charge in [0.15, 0.2) is 0 Å². The molecule has 0 bridgehead atoms. The molecule has 0 radical (unpaired) electrons. The lowest BCUT2D eigenvalue weighted by Crippen LogP contribution is -2.39. The molecule has 0 spiro atoms. The number of hydrogen-bond acceptors (Lipinski definition) is 4. The van der Waals surface area contributed by atoms with Crippen molar-refractivity contribution < 1.29 is 9.53 Å². The van der Waals surface area contributed by atoms with Gasteiger partial charge in [-0.2, -0.15) is 5.10 Å². The predicted molar refractivity (Wildman–Crippen MR) is 89.3 cm³/mol. The molecule has 3 rings (SSSR count). The molecule has 2 aromatic rings. The lowest BCUT2D eigenvalue weighted by atomic mass is 9.98. The third kappa shape index (κ3) is 3.92. The van der Waals surface area contributed by atoms with E-state index >= 15 is 0 Å². The van der Waals surface area contributed by atoms with Crippen LogP contribution in [0.4, 0.5) is 5.69 Å². The van der Waals surface area contributed by atoms with E-state index in [2.05, 4.69) is 28.3 Å². The lowest BCUT2D eigenvalue weighted by Gasteiger charge is -2.32. The van der Waals surface area contributed by atoms with Crippen molar-refractivity contribution in [1.29, 1.82) is 0 Å². The van der Waals surface area contributed by atoms with Crippen LogP contribution in [0.1, 0.15) is 25.3 Å². The Balaban J connectivity index is 1.64. The Kier molecular flexibility index (Phi) is 4.95. The van der Waals surface area contributed by atoms with Gasteiger partial charge in [0.2, 0.25) is 0 Å². The van der Waals surface area contributed by atoms with Crippen molar-refractivity contribution in [3.05, 3.63) is 48.3 Å². The summed E-state index contributed by atoms with van der Waals surface area (Å²) in [5.41, 5.74) is 2.31. The zero-order valence-corrected chi connectivity index (χ0v) is 13.5. The zero-order chi connectivity index (χ0) is 16.1. The number of aromatic nitrogens is 2. The highest BCUT2D eigenvalue weighted by Crippen LogP contribution is 2.23. The number of piperidine rings is 1. The number of hydrogen-bond donors (Lipinski definition) is 0. The van der Waals surface area contributed by atoms with Crippen LogP contribution < -0.4 is 4.90 Å². The van der Waals surface area contributed by atoms with E-state index in [-0.39, 0.29) is 11.9 Å². The molecule has 1 aliphatic heterocycles. The summed E-state index contributed by atoms with van der Waals surface area (Å²) >= 11 is 0. The summed E-state index contributed by atoms with van der Waals surface area (Å²) in [5.74, 6) is -0.102. The Morgan fingerprint density at radius 1 is 1.35 bits per heavy atom. The van der Waals surface area contributed by atoms with Gasteiger partial charge in [-0.05, 0) is 25.3 Å². The fourth-order valence-corrected chi connectivity index (χ4v) is 3.04. The molecule has 122 valence electrons. The molecule has 5 heteroatoms. The highest BCUT2D eigenvalue weighted by atomic mass is 16.5. The summed E-state index contributed by atoms with van der Waals surface area (Å²) < 4.78 is 7.11. The highest BCUT2D eigenvalue weighted by Gasteiger charge is 2.27. The lowest BCUT2D eigenvalue weighted by molar-refractivity contribution is -0.148. The van der Waals surface area contributed by atoms with Crippen LogP contribution in [0.3, 0.4) is 0 Å². The molecule has 1 saturated heterocycles. The summed E-state index contributed by atoms with van der Waals surface area (Å²) in [4.78, 5) is 14.2. The first-order valence-corrected chi connectivity index (χ1v) is 8.24. The topological polar surface area (TPSA) is 47.4 Å². The number of rotatable bonds is 5. The minimum absolute atomic E-state index is 0.0267. The highest BCUT2D eigenvalue weighted by molar-refractivity contribution is 5.73. The molecule has 0 amide bonds. The molecule has 1 aromatic heterocycles. The van der Waals surface area contributed by atoms with Crippen molar-refractivity contribution in [2.45, 2.75) is 26.3 Å². The second kappa shape index (κ2) is 7.31. The Morgan fingerprint density at radius 3 is 2.96 bits per heavy atom. The average Bonchev–Trinajstić information content (AvgIpc) is 3.05. The van der Waals surface area contributed by atoms with Gasteiger partial charge >= 0.3 is 5.97 Å². The molecule has 0 N–H and O–H groups in total. The summed E-state index contributed by atoms with van der Waals surface area (Å²) in [5, 5.41) is 4.45. The van der Waals surface area contributed by atoms with E-state index in [1.807, 2.05) is 36.0 Å². The summed E-state index contributed by atoms with van der Waals surface area (Å²) in [6.07, 6.45) is 5.86. The number of nitrogens with zero attached hydrogens (tertiary/aromatic N) is 3. The molecule has 0 aliphatic carbocycles. The molecule has 1 aromatic carbocycles. The summed E-state index contributed by atoms with van der Waals surface area (Å²) in [6.45, 7) is 4.75.